The van der Waals surface area contributed by atoms with Crippen molar-refractivity contribution in [3.63, 3.8) is 0 Å². The Morgan fingerprint density at radius 2 is 2.19 bits per heavy atom. The maximum absolute atomic E-state index is 12.2. The highest BCUT2D eigenvalue weighted by molar-refractivity contribution is 7.11. The van der Waals surface area contributed by atoms with Crippen LogP contribution in [0, 0.1) is 0 Å². The molecule has 0 radical (unpaired) electrons. The van der Waals surface area contributed by atoms with Crippen LogP contribution in [0.3, 0.4) is 0 Å². The molecule has 5 nitrogen and oxygen atoms in total. The van der Waals surface area contributed by atoms with Crippen LogP contribution in [-0.4, -0.2) is 22.4 Å². The van der Waals surface area contributed by atoms with Gasteiger partial charge in [0.05, 0.1) is 6.54 Å². The first kappa shape index (κ1) is 15.7. The van der Waals surface area contributed by atoms with Gasteiger partial charge in [0.2, 0.25) is 0 Å². The molecule has 0 saturated carbocycles. The van der Waals surface area contributed by atoms with E-state index in [0.717, 1.165) is 11.4 Å². The molecular weight excluding hydrogens is 308 g/mol. The zero-order chi connectivity index (χ0) is 15.2. The first-order valence-electron chi connectivity index (χ1n) is 6.75. The zero-order valence-corrected chi connectivity index (χ0v) is 13.5. The molecule has 0 bridgehead atoms. The van der Waals surface area contributed by atoms with Crippen LogP contribution < -0.4 is 10.6 Å². The fraction of sp³-hybridized carbons (Fsp3) is 0.357. The Bertz CT molecular complexity index is 629. The molecule has 112 valence electrons. The highest BCUT2D eigenvalue weighted by atomic mass is 35.5. The summed E-state index contributed by atoms with van der Waals surface area (Å²) in [4.78, 5) is 21.7. The maximum Gasteiger partial charge on any atom is 0.251 e. The molecular formula is C14H17ClN4OS. The summed E-state index contributed by atoms with van der Waals surface area (Å²) in [5.41, 5.74) is 0.484. The van der Waals surface area contributed by atoms with Crippen LogP contribution in [0.4, 0.5) is 5.82 Å². The Labute approximate surface area is 132 Å². The lowest BCUT2D eigenvalue weighted by Gasteiger charge is -2.07. The number of halogens is 1. The fourth-order valence-electron chi connectivity index (χ4n) is 1.75. The summed E-state index contributed by atoms with van der Waals surface area (Å²) < 4.78 is 0. The summed E-state index contributed by atoms with van der Waals surface area (Å²) in [6.07, 6.45) is 2.80. The van der Waals surface area contributed by atoms with E-state index in [1.165, 1.54) is 4.88 Å². The predicted molar refractivity (Wildman–Crippen MR) is 86.1 cm³/mol. The number of anilines is 1. The number of hydrogen-bond donors (Lipinski definition) is 2. The summed E-state index contributed by atoms with van der Waals surface area (Å²) in [5.74, 6) is 0.407. The van der Waals surface area contributed by atoms with Gasteiger partial charge in [0.1, 0.15) is 16.0 Å². The molecule has 2 aromatic heterocycles. The van der Waals surface area contributed by atoms with Crippen LogP contribution in [-0.2, 0) is 13.0 Å². The SMILES string of the molecule is CCNc1cc(C(=O)NCc2ncc(CC)s2)cc(Cl)n1. The molecule has 0 aromatic carbocycles. The van der Waals surface area contributed by atoms with E-state index >= 15 is 0 Å². The van der Waals surface area contributed by atoms with E-state index in [0.29, 0.717) is 29.6 Å². The minimum atomic E-state index is -0.188. The largest absolute Gasteiger partial charge is 0.370 e. The molecule has 7 heteroatoms. The topological polar surface area (TPSA) is 66.9 Å². The van der Waals surface area contributed by atoms with Crippen molar-refractivity contribution >= 4 is 34.7 Å². The van der Waals surface area contributed by atoms with Gasteiger partial charge in [0, 0.05) is 23.2 Å². The highest BCUT2D eigenvalue weighted by Gasteiger charge is 2.10. The molecule has 2 heterocycles. The minimum Gasteiger partial charge on any atom is -0.370 e. The summed E-state index contributed by atoms with van der Waals surface area (Å²) in [7, 11) is 0. The average Bonchev–Trinajstić information content (AvgIpc) is 2.92. The van der Waals surface area contributed by atoms with Gasteiger partial charge in [-0.15, -0.1) is 11.3 Å². The van der Waals surface area contributed by atoms with Gasteiger partial charge in [-0.2, -0.15) is 0 Å². The summed E-state index contributed by atoms with van der Waals surface area (Å²) in [5, 5.41) is 7.07. The van der Waals surface area contributed by atoms with Gasteiger partial charge < -0.3 is 10.6 Å². The van der Waals surface area contributed by atoms with E-state index in [1.807, 2.05) is 13.1 Å². The van der Waals surface area contributed by atoms with E-state index in [-0.39, 0.29) is 5.91 Å². The lowest BCUT2D eigenvalue weighted by atomic mass is 10.2. The van der Waals surface area contributed by atoms with Gasteiger partial charge in [-0.05, 0) is 25.5 Å². The van der Waals surface area contributed by atoms with Crippen LogP contribution in [0.5, 0.6) is 0 Å². The molecule has 0 saturated heterocycles. The number of aryl methyl sites for hydroxylation is 1. The minimum absolute atomic E-state index is 0.188. The number of nitrogens with one attached hydrogen (secondary N) is 2. The molecule has 0 fully saturated rings. The number of hydrogen-bond acceptors (Lipinski definition) is 5. The van der Waals surface area contributed by atoms with Gasteiger partial charge in [-0.3, -0.25) is 4.79 Å². The van der Waals surface area contributed by atoms with Gasteiger partial charge in [0.25, 0.3) is 5.91 Å². The van der Waals surface area contributed by atoms with Crippen molar-refractivity contribution in [2.45, 2.75) is 26.8 Å². The Kier molecular flexibility index (Phi) is 5.52. The smallest absolute Gasteiger partial charge is 0.251 e. The Balaban J connectivity index is 2.02. The Morgan fingerprint density at radius 3 is 2.86 bits per heavy atom. The molecule has 0 unspecified atom stereocenters. The van der Waals surface area contributed by atoms with Crippen molar-refractivity contribution in [1.82, 2.24) is 15.3 Å². The van der Waals surface area contributed by atoms with Crippen LogP contribution in [0.1, 0.15) is 34.1 Å². The molecule has 0 aliphatic carbocycles. The summed E-state index contributed by atoms with van der Waals surface area (Å²) >= 11 is 7.54. The number of rotatable bonds is 6. The monoisotopic (exact) mass is 324 g/mol. The third-order valence-corrected chi connectivity index (χ3v) is 4.10. The van der Waals surface area contributed by atoms with Crippen molar-refractivity contribution in [1.29, 1.82) is 0 Å². The average molecular weight is 325 g/mol. The van der Waals surface area contributed by atoms with E-state index in [9.17, 15) is 4.79 Å². The van der Waals surface area contributed by atoms with Crippen molar-refractivity contribution in [3.8, 4) is 0 Å². The van der Waals surface area contributed by atoms with E-state index < -0.39 is 0 Å². The standard InChI is InChI=1S/C14H17ClN4OS/c1-3-10-7-17-13(21-10)8-18-14(20)9-5-11(15)19-12(6-9)16-4-2/h5-7H,3-4,8H2,1-2H3,(H,16,19)(H,18,20). The van der Waals surface area contributed by atoms with Crippen LogP contribution in [0.2, 0.25) is 5.15 Å². The predicted octanol–water partition coefficient (Wildman–Crippen LogP) is 3.12. The zero-order valence-electron chi connectivity index (χ0n) is 11.9. The second-order valence-corrected chi connectivity index (χ2v) is 5.94. The molecule has 2 aromatic rings. The quantitative estimate of drug-likeness (QED) is 0.801. The first-order chi connectivity index (χ1) is 10.1. The van der Waals surface area contributed by atoms with E-state index in [4.69, 9.17) is 11.6 Å². The third-order valence-electron chi connectivity index (χ3n) is 2.76. The lowest BCUT2D eigenvalue weighted by Crippen LogP contribution is -2.23. The molecule has 0 aliphatic heterocycles. The van der Waals surface area contributed by atoms with Crippen molar-refractivity contribution < 1.29 is 4.79 Å². The lowest BCUT2D eigenvalue weighted by molar-refractivity contribution is 0.0951. The first-order valence-corrected chi connectivity index (χ1v) is 7.95. The highest BCUT2D eigenvalue weighted by Crippen LogP contribution is 2.16. The number of amides is 1. The Hall–Kier alpha value is -1.66. The molecule has 21 heavy (non-hydrogen) atoms. The number of carbonyl (C=O) groups is 1. The van der Waals surface area contributed by atoms with E-state index in [2.05, 4.69) is 27.5 Å². The Morgan fingerprint density at radius 1 is 1.38 bits per heavy atom. The van der Waals surface area contributed by atoms with Gasteiger partial charge >= 0.3 is 0 Å². The van der Waals surface area contributed by atoms with Crippen LogP contribution in [0.15, 0.2) is 18.3 Å². The second kappa shape index (κ2) is 7.38. The van der Waals surface area contributed by atoms with Crippen LogP contribution in [0.25, 0.3) is 0 Å². The van der Waals surface area contributed by atoms with Gasteiger partial charge in [0.15, 0.2) is 0 Å². The van der Waals surface area contributed by atoms with Crippen molar-refractivity contribution in [2.24, 2.45) is 0 Å². The third kappa shape index (κ3) is 4.41. The van der Waals surface area contributed by atoms with Crippen LogP contribution >= 0.6 is 22.9 Å². The summed E-state index contributed by atoms with van der Waals surface area (Å²) in [6, 6.07) is 3.24. The maximum atomic E-state index is 12.2. The normalized spacial score (nSPS) is 10.4. The molecule has 2 rings (SSSR count). The molecule has 2 N–H and O–H groups in total. The molecule has 0 aliphatic rings. The second-order valence-electron chi connectivity index (χ2n) is 4.35. The number of thiazole rings is 1. The van der Waals surface area contributed by atoms with Crippen molar-refractivity contribution in [2.75, 3.05) is 11.9 Å². The van der Waals surface area contributed by atoms with Crippen molar-refractivity contribution in [3.05, 3.63) is 38.9 Å². The molecule has 0 atom stereocenters. The summed E-state index contributed by atoms with van der Waals surface area (Å²) in [6.45, 7) is 5.17. The molecule has 1 amide bonds. The number of carbonyl (C=O) groups excluding carboxylic acids is 1. The fourth-order valence-corrected chi connectivity index (χ4v) is 2.76. The van der Waals surface area contributed by atoms with Gasteiger partial charge in [-0.1, -0.05) is 18.5 Å². The number of pyridine rings is 1. The molecule has 0 spiro atoms. The number of nitrogens with zero attached hydrogens (tertiary/aromatic N) is 2. The van der Waals surface area contributed by atoms with E-state index in [1.54, 1.807) is 23.5 Å². The number of aromatic nitrogens is 2. The van der Waals surface area contributed by atoms with Gasteiger partial charge in [-0.25, -0.2) is 9.97 Å².